The quantitative estimate of drug-likeness (QED) is 0.484. The molecule has 1 aliphatic rings. The minimum atomic E-state index is -0.481. The van der Waals surface area contributed by atoms with E-state index >= 15 is 0 Å². The number of esters is 1. The molecule has 0 spiro atoms. The molecule has 5 rings (SSSR count). The lowest BCUT2D eigenvalue weighted by Crippen LogP contribution is -2.11. The lowest BCUT2D eigenvalue weighted by Gasteiger charge is -2.18. The van der Waals surface area contributed by atoms with E-state index in [0.29, 0.717) is 5.56 Å². The summed E-state index contributed by atoms with van der Waals surface area (Å²) in [6, 6.07) is 25.8. The van der Waals surface area contributed by atoms with E-state index < -0.39 is 6.23 Å². The zero-order valence-electron chi connectivity index (χ0n) is 14.8. The molecule has 0 saturated carbocycles. The fourth-order valence-corrected chi connectivity index (χ4v) is 3.73. The van der Waals surface area contributed by atoms with Gasteiger partial charge in [-0.1, -0.05) is 36.4 Å². The normalized spacial score (nSPS) is 15.6. The Kier molecular flexibility index (Phi) is 3.50. The van der Waals surface area contributed by atoms with Crippen LogP contribution in [0.3, 0.4) is 0 Å². The summed E-state index contributed by atoms with van der Waals surface area (Å²) in [7, 11) is 1.65. The van der Waals surface area contributed by atoms with Crippen molar-refractivity contribution < 1.29 is 14.3 Å². The second-order valence-corrected chi connectivity index (χ2v) is 6.53. The Balaban J connectivity index is 1.75. The third-order valence-corrected chi connectivity index (χ3v) is 5.03. The molecule has 4 nitrogen and oxygen atoms in total. The van der Waals surface area contributed by atoms with Crippen LogP contribution in [0.4, 0.5) is 0 Å². The first-order valence-corrected chi connectivity index (χ1v) is 8.80. The number of aromatic nitrogens is 1. The van der Waals surface area contributed by atoms with E-state index in [-0.39, 0.29) is 5.97 Å². The van der Waals surface area contributed by atoms with Gasteiger partial charge in [-0.15, -0.1) is 0 Å². The van der Waals surface area contributed by atoms with E-state index in [4.69, 9.17) is 9.47 Å². The van der Waals surface area contributed by atoms with Gasteiger partial charge < -0.3 is 14.0 Å². The molecule has 0 bridgehead atoms. The van der Waals surface area contributed by atoms with E-state index in [1.807, 2.05) is 60.7 Å². The van der Waals surface area contributed by atoms with Crippen molar-refractivity contribution in [1.82, 2.24) is 4.57 Å². The van der Waals surface area contributed by atoms with Crippen molar-refractivity contribution in [2.24, 2.45) is 0 Å². The van der Waals surface area contributed by atoms with Gasteiger partial charge in [0, 0.05) is 10.9 Å². The molecule has 132 valence electrons. The molecule has 2 heterocycles. The minimum absolute atomic E-state index is 0.283. The van der Waals surface area contributed by atoms with Crippen LogP contribution in [0.25, 0.3) is 22.2 Å². The average molecular weight is 355 g/mol. The second-order valence-electron chi connectivity index (χ2n) is 6.53. The summed E-state index contributed by atoms with van der Waals surface area (Å²) < 4.78 is 13.2. The van der Waals surface area contributed by atoms with Crippen molar-refractivity contribution in [3.63, 3.8) is 0 Å². The number of hydrogen-bond donors (Lipinski definition) is 0. The fraction of sp³-hybridized carbons (Fsp3) is 0.0870. The third kappa shape index (κ3) is 2.41. The lowest BCUT2D eigenvalue weighted by molar-refractivity contribution is 0.0335. The number of methoxy groups -OCH3 is 1. The van der Waals surface area contributed by atoms with Crippen LogP contribution in [0.2, 0.25) is 0 Å². The van der Waals surface area contributed by atoms with Crippen LogP contribution in [-0.4, -0.2) is 17.6 Å². The molecule has 0 aliphatic carbocycles. The summed E-state index contributed by atoms with van der Waals surface area (Å²) in [5, 5.41) is 1.10. The molecule has 4 heteroatoms. The third-order valence-electron chi connectivity index (χ3n) is 5.03. The van der Waals surface area contributed by atoms with E-state index in [9.17, 15) is 4.79 Å². The molecule has 27 heavy (non-hydrogen) atoms. The number of fused-ring (bicyclic) bond motifs is 2. The zero-order valence-corrected chi connectivity index (χ0v) is 14.8. The maximum absolute atomic E-state index is 12.4. The molecule has 0 amide bonds. The Morgan fingerprint density at radius 1 is 0.926 bits per heavy atom. The maximum atomic E-state index is 12.4. The highest BCUT2D eigenvalue weighted by molar-refractivity contribution is 5.95. The summed E-state index contributed by atoms with van der Waals surface area (Å²) >= 11 is 0. The SMILES string of the molecule is COc1ccc(-c2cc3ccccc3n2C2OC(=O)c3ccccc32)cc1. The first kappa shape index (κ1) is 15.7. The smallest absolute Gasteiger partial charge is 0.340 e. The van der Waals surface area contributed by atoms with Crippen LogP contribution in [0.5, 0.6) is 5.75 Å². The summed E-state index contributed by atoms with van der Waals surface area (Å²) in [4.78, 5) is 12.4. The van der Waals surface area contributed by atoms with Crippen LogP contribution >= 0.6 is 0 Å². The Bertz CT molecular complexity index is 1160. The number of nitrogens with zero attached hydrogens (tertiary/aromatic N) is 1. The molecule has 0 saturated heterocycles. The van der Waals surface area contributed by atoms with Gasteiger partial charge in [-0.3, -0.25) is 0 Å². The summed E-state index contributed by atoms with van der Waals surface area (Å²) in [6.45, 7) is 0. The molecule has 0 fully saturated rings. The number of ether oxygens (including phenoxy) is 2. The van der Waals surface area contributed by atoms with Gasteiger partial charge in [0.05, 0.1) is 23.9 Å². The van der Waals surface area contributed by atoms with Crippen molar-refractivity contribution in [2.75, 3.05) is 7.11 Å². The van der Waals surface area contributed by atoms with Crippen LogP contribution in [0.1, 0.15) is 22.1 Å². The lowest BCUT2D eigenvalue weighted by atomic mass is 10.1. The molecule has 1 aliphatic heterocycles. The van der Waals surface area contributed by atoms with Crippen molar-refractivity contribution in [3.8, 4) is 17.0 Å². The van der Waals surface area contributed by atoms with Crippen molar-refractivity contribution in [2.45, 2.75) is 6.23 Å². The number of rotatable bonds is 3. The number of carbonyl (C=O) groups is 1. The van der Waals surface area contributed by atoms with Crippen LogP contribution in [0, 0.1) is 0 Å². The van der Waals surface area contributed by atoms with Crippen molar-refractivity contribution in [1.29, 1.82) is 0 Å². The maximum Gasteiger partial charge on any atom is 0.340 e. The van der Waals surface area contributed by atoms with Crippen molar-refractivity contribution >= 4 is 16.9 Å². The molecule has 0 radical (unpaired) electrons. The monoisotopic (exact) mass is 355 g/mol. The van der Waals surface area contributed by atoms with Gasteiger partial charge in [0.25, 0.3) is 0 Å². The average Bonchev–Trinajstić information content (AvgIpc) is 3.26. The summed E-state index contributed by atoms with van der Waals surface area (Å²) in [5.41, 5.74) is 4.57. The van der Waals surface area contributed by atoms with E-state index in [2.05, 4.69) is 22.8 Å². The number of hydrogen-bond acceptors (Lipinski definition) is 3. The topological polar surface area (TPSA) is 40.5 Å². The standard InChI is InChI=1S/C23H17NO3/c1-26-17-12-10-15(11-13-17)21-14-16-6-2-5-9-20(16)24(21)22-18-7-3-4-8-19(18)23(25)27-22/h2-14,22H,1H3. The van der Waals surface area contributed by atoms with Gasteiger partial charge in [-0.2, -0.15) is 0 Å². The fourth-order valence-electron chi connectivity index (χ4n) is 3.73. The Hall–Kier alpha value is -3.53. The molecule has 1 aromatic heterocycles. The van der Waals surface area contributed by atoms with Crippen LogP contribution in [-0.2, 0) is 4.74 Å². The largest absolute Gasteiger partial charge is 0.497 e. The van der Waals surface area contributed by atoms with Gasteiger partial charge in [-0.25, -0.2) is 4.79 Å². The first-order chi connectivity index (χ1) is 13.3. The van der Waals surface area contributed by atoms with E-state index in [1.165, 1.54) is 0 Å². The Morgan fingerprint density at radius 3 is 2.48 bits per heavy atom. The zero-order chi connectivity index (χ0) is 18.4. The van der Waals surface area contributed by atoms with Gasteiger partial charge in [0.1, 0.15) is 5.75 Å². The minimum Gasteiger partial charge on any atom is -0.497 e. The van der Waals surface area contributed by atoms with Gasteiger partial charge in [-0.05, 0) is 48.0 Å². The highest BCUT2D eigenvalue weighted by Gasteiger charge is 2.33. The predicted octanol–water partition coefficient (Wildman–Crippen LogP) is 5.03. The summed E-state index contributed by atoms with van der Waals surface area (Å²) in [5.74, 6) is 0.521. The number of para-hydroxylation sites is 1. The Morgan fingerprint density at radius 2 is 1.67 bits per heavy atom. The highest BCUT2D eigenvalue weighted by Crippen LogP contribution is 2.39. The number of carbonyl (C=O) groups excluding carboxylic acids is 1. The van der Waals surface area contributed by atoms with Gasteiger partial charge in [0.2, 0.25) is 6.23 Å². The number of benzene rings is 3. The van der Waals surface area contributed by atoms with Gasteiger partial charge in [0.15, 0.2) is 0 Å². The Labute approximate surface area is 156 Å². The van der Waals surface area contributed by atoms with E-state index in [0.717, 1.165) is 33.5 Å². The summed E-state index contributed by atoms with van der Waals surface area (Å²) in [6.07, 6.45) is -0.481. The highest BCUT2D eigenvalue weighted by atomic mass is 16.6. The molecular formula is C23H17NO3. The molecular weight excluding hydrogens is 338 g/mol. The van der Waals surface area contributed by atoms with E-state index in [1.54, 1.807) is 7.11 Å². The van der Waals surface area contributed by atoms with Crippen LogP contribution in [0.15, 0.2) is 78.9 Å². The molecule has 1 unspecified atom stereocenters. The molecule has 4 aromatic rings. The predicted molar refractivity (Wildman–Crippen MR) is 104 cm³/mol. The molecule has 3 aromatic carbocycles. The first-order valence-electron chi connectivity index (χ1n) is 8.80. The molecule has 0 N–H and O–H groups in total. The van der Waals surface area contributed by atoms with Gasteiger partial charge >= 0.3 is 5.97 Å². The van der Waals surface area contributed by atoms with Crippen LogP contribution < -0.4 is 4.74 Å². The second kappa shape index (κ2) is 6.02. The number of cyclic esters (lactones) is 1. The van der Waals surface area contributed by atoms with Crippen molar-refractivity contribution in [3.05, 3.63) is 90.0 Å². The molecule has 1 atom stereocenters.